The summed E-state index contributed by atoms with van der Waals surface area (Å²) in [4.78, 5) is 17.3. The zero-order chi connectivity index (χ0) is 21.5. The van der Waals surface area contributed by atoms with Gasteiger partial charge in [-0.2, -0.15) is 5.26 Å². The number of aromatic nitrogens is 1. The number of carbonyl (C=O) groups is 1. The molecule has 0 radical (unpaired) electrons. The van der Waals surface area contributed by atoms with E-state index in [0.717, 1.165) is 36.9 Å². The topological polar surface area (TPSA) is 84.2 Å². The van der Waals surface area contributed by atoms with E-state index in [0.29, 0.717) is 32.8 Å². The molecule has 1 amide bonds. The maximum Gasteiger partial charge on any atom is 0.234 e. The molecule has 8 heteroatoms. The van der Waals surface area contributed by atoms with Crippen LogP contribution in [0.5, 0.6) is 11.5 Å². The summed E-state index contributed by atoms with van der Waals surface area (Å²) in [6, 6.07) is 7.38. The number of halogens is 1. The number of fused-ring (bicyclic) bond motifs is 1. The summed E-state index contributed by atoms with van der Waals surface area (Å²) < 4.78 is 10.5. The standard InChI is InChI=1S/C22H24ClN3O3S/c1-28-19-11-20(29-2)18(10-16(19)23)25-21(27)13-30-22-15(12-24)9-14-7-5-3-4-6-8-17(14)26-22/h9-11H,3-8,13H2,1-2H3,(H,25,27). The van der Waals surface area contributed by atoms with Crippen molar-refractivity contribution in [3.63, 3.8) is 0 Å². The van der Waals surface area contributed by atoms with Crippen molar-refractivity contribution in [2.75, 3.05) is 25.3 Å². The van der Waals surface area contributed by atoms with Gasteiger partial charge in [0.1, 0.15) is 22.6 Å². The van der Waals surface area contributed by atoms with Gasteiger partial charge in [0.05, 0.1) is 36.2 Å². The molecule has 1 aliphatic carbocycles. The van der Waals surface area contributed by atoms with Crippen LogP contribution in [0, 0.1) is 11.3 Å². The van der Waals surface area contributed by atoms with Crippen LogP contribution in [-0.4, -0.2) is 30.9 Å². The molecule has 1 aromatic heterocycles. The third kappa shape index (κ3) is 5.38. The molecule has 158 valence electrons. The molecule has 0 saturated carbocycles. The highest BCUT2D eigenvalue weighted by Crippen LogP contribution is 2.36. The minimum absolute atomic E-state index is 0.118. The Morgan fingerprint density at radius 2 is 1.90 bits per heavy atom. The molecule has 0 unspecified atom stereocenters. The number of rotatable bonds is 6. The second-order valence-corrected chi connectivity index (χ2v) is 8.37. The lowest BCUT2D eigenvalue weighted by Crippen LogP contribution is -2.15. The first-order chi connectivity index (χ1) is 14.5. The van der Waals surface area contributed by atoms with E-state index >= 15 is 0 Å². The lowest BCUT2D eigenvalue weighted by atomic mass is 9.96. The van der Waals surface area contributed by atoms with Gasteiger partial charge in [0.15, 0.2) is 0 Å². The smallest absolute Gasteiger partial charge is 0.234 e. The Balaban J connectivity index is 1.72. The van der Waals surface area contributed by atoms with Crippen LogP contribution in [0.25, 0.3) is 0 Å². The van der Waals surface area contributed by atoms with Gasteiger partial charge in [0, 0.05) is 11.8 Å². The van der Waals surface area contributed by atoms with Gasteiger partial charge < -0.3 is 14.8 Å². The van der Waals surface area contributed by atoms with Crippen LogP contribution in [0.2, 0.25) is 5.02 Å². The predicted octanol–water partition coefficient (Wildman–Crippen LogP) is 5.01. The Labute approximate surface area is 185 Å². The van der Waals surface area contributed by atoms with E-state index in [9.17, 15) is 10.1 Å². The first-order valence-electron chi connectivity index (χ1n) is 9.82. The number of thioether (sulfide) groups is 1. The number of ether oxygens (including phenoxy) is 2. The summed E-state index contributed by atoms with van der Waals surface area (Å²) in [5, 5.41) is 13.3. The number of carbonyl (C=O) groups excluding carboxylic acids is 1. The fraction of sp³-hybridized carbons (Fsp3) is 0.409. The monoisotopic (exact) mass is 445 g/mol. The van der Waals surface area contributed by atoms with Crippen molar-refractivity contribution in [3.8, 4) is 17.6 Å². The number of nitriles is 1. The molecule has 30 heavy (non-hydrogen) atoms. The van der Waals surface area contributed by atoms with Crippen LogP contribution >= 0.6 is 23.4 Å². The van der Waals surface area contributed by atoms with Crippen molar-refractivity contribution in [1.82, 2.24) is 4.98 Å². The van der Waals surface area contributed by atoms with E-state index < -0.39 is 0 Å². The van der Waals surface area contributed by atoms with E-state index in [-0.39, 0.29) is 11.7 Å². The molecule has 2 aromatic rings. The minimum atomic E-state index is -0.239. The molecule has 0 spiro atoms. The Kier molecular flexibility index (Phi) is 7.83. The third-order valence-electron chi connectivity index (χ3n) is 4.97. The van der Waals surface area contributed by atoms with Gasteiger partial charge >= 0.3 is 0 Å². The number of nitrogens with one attached hydrogen (secondary N) is 1. The Morgan fingerprint density at radius 1 is 1.17 bits per heavy atom. The summed E-state index contributed by atoms with van der Waals surface area (Å²) in [7, 11) is 3.02. The van der Waals surface area contributed by atoms with Crippen molar-refractivity contribution in [1.29, 1.82) is 5.26 Å². The largest absolute Gasteiger partial charge is 0.495 e. The zero-order valence-corrected chi connectivity index (χ0v) is 18.7. The lowest BCUT2D eigenvalue weighted by Gasteiger charge is -2.15. The molecule has 0 saturated heterocycles. The number of amides is 1. The van der Waals surface area contributed by atoms with E-state index in [4.69, 9.17) is 26.1 Å². The molecule has 6 nitrogen and oxygen atoms in total. The van der Waals surface area contributed by atoms with Crippen LogP contribution in [-0.2, 0) is 17.6 Å². The predicted molar refractivity (Wildman–Crippen MR) is 119 cm³/mol. The summed E-state index contributed by atoms with van der Waals surface area (Å²) in [6.07, 6.45) is 6.53. The Bertz CT molecular complexity index is 975. The highest BCUT2D eigenvalue weighted by atomic mass is 35.5. The van der Waals surface area contributed by atoms with Crippen molar-refractivity contribution in [3.05, 3.63) is 40.0 Å². The first-order valence-corrected chi connectivity index (χ1v) is 11.2. The average Bonchev–Trinajstić information content (AvgIpc) is 2.73. The molecular formula is C22H24ClN3O3S. The van der Waals surface area contributed by atoms with Crippen molar-refractivity contribution in [2.45, 2.75) is 43.6 Å². The van der Waals surface area contributed by atoms with E-state index in [1.54, 1.807) is 12.1 Å². The lowest BCUT2D eigenvalue weighted by molar-refractivity contribution is -0.113. The van der Waals surface area contributed by atoms with E-state index in [1.807, 2.05) is 6.07 Å². The number of nitrogens with zero attached hydrogens (tertiary/aromatic N) is 2. The SMILES string of the molecule is COc1cc(OC)c(NC(=O)CSc2nc3c(cc2C#N)CCCCCC3)cc1Cl. The molecule has 0 aliphatic heterocycles. The number of anilines is 1. The molecule has 0 bridgehead atoms. The minimum Gasteiger partial charge on any atom is -0.495 e. The van der Waals surface area contributed by atoms with Gasteiger partial charge in [-0.3, -0.25) is 4.79 Å². The third-order valence-corrected chi connectivity index (χ3v) is 6.26. The van der Waals surface area contributed by atoms with Gasteiger partial charge in [-0.1, -0.05) is 36.2 Å². The average molecular weight is 446 g/mol. The summed E-state index contributed by atoms with van der Waals surface area (Å²) >= 11 is 7.43. The van der Waals surface area contributed by atoms with Gasteiger partial charge in [-0.15, -0.1) is 0 Å². The molecule has 3 rings (SSSR count). The number of hydrogen-bond donors (Lipinski definition) is 1. The zero-order valence-electron chi connectivity index (χ0n) is 17.1. The normalized spacial score (nSPS) is 13.4. The molecule has 0 atom stereocenters. The Hall–Kier alpha value is -2.43. The molecule has 1 aromatic carbocycles. The summed E-state index contributed by atoms with van der Waals surface area (Å²) in [6.45, 7) is 0. The summed E-state index contributed by atoms with van der Waals surface area (Å²) in [5.74, 6) is 0.792. The fourth-order valence-electron chi connectivity index (χ4n) is 3.44. The molecule has 1 aliphatic rings. The van der Waals surface area contributed by atoms with Gasteiger partial charge in [0.25, 0.3) is 0 Å². The highest BCUT2D eigenvalue weighted by molar-refractivity contribution is 8.00. The highest BCUT2D eigenvalue weighted by Gasteiger charge is 2.17. The van der Waals surface area contributed by atoms with Crippen molar-refractivity contribution < 1.29 is 14.3 Å². The van der Waals surface area contributed by atoms with E-state index in [2.05, 4.69) is 11.4 Å². The van der Waals surface area contributed by atoms with Crippen LogP contribution in [0.3, 0.4) is 0 Å². The number of methoxy groups -OCH3 is 2. The second kappa shape index (κ2) is 10.6. The van der Waals surface area contributed by atoms with Crippen LogP contribution in [0.4, 0.5) is 5.69 Å². The number of pyridine rings is 1. The quantitative estimate of drug-likeness (QED) is 0.629. The number of benzene rings is 1. The van der Waals surface area contributed by atoms with Gasteiger partial charge in [-0.05, 0) is 43.4 Å². The van der Waals surface area contributed by atoms with E-state index in [1.165, 1.54) is 38.8 Å². The van der Waals surface area contributed by atoms with Crippen molar-refractivity contribution in [2.24, 2.45) is 0 Å². The first kappa shape index (κ1) is 22.3. The van der Waals surface area contributed by atoms with Crippen LogP contribution in [0.1, 0.15) is 42.5 Å². The second-order valence-electron chi connectivity index (χ2n) is 7.00. The maximum atomic E-state index is 12.5. The number of aryl methyl sites for hydroxylation is 2. The van der Waals surface area contributed by atoms with Crippen molar-refractivity contribution >= 4 is 35.0 Å². The maximum absolute atomic E-state index is 12.5. The molecular weight excluding hydrogens is 422 g/mol. The summed E-state index contributed by atoms with van der Waals surface area (Å²) in [5.41, 5.74) is 3.20. The van der Waals surface area contributed by atoms with Gasteiger partial charge in [-0.25, -0.2) is 4.98 Å². The molecule has 0 fully saturated rings. The van der Waals surface area contributed by atoms with Crippen LogP contribution in [0.15, 0.2) is 23.2 Å². The Morgan fingerprint density at radius 3 is 2.60 bits per heavy atom. The fourth-order valence-corrected chi connectivity index (χ4v) is 4.45. The number of hydrogen-bond acceptors (Lipinski definition) is 6. The molecule has 1 heterocycles. The van der Waals surface area contributed by atoms with Crippen LogP contribution < -0.4 is 14.8 Å². The molecule has 1 N–H and O–H groups in total. The van der Waals surface area contributed by atoms with Gasteiger partial charge in [0.2, 0.25) is 5.91 Å².